The molecule has 2 heterocycles. The number of rotatable bonds is 3. The van der Waals surface area contributed by atoms with Gasteiger partial charge in [0.05, 0.1) is 29.2 Å². The molecular weight excluding hydrogens is 329 g/mol. The minimum Gasteiger partial charge on any atom is -0.310 e. The first kappa shape index (κ1) is 16.8. The van der Waals surface area contributed by atoms with E-state index in [2.05, 4.69) is 10.4 Å². The number of benzene rings is 1. The Bertz CT molecular complexity index is 806. The number of carbonyl (C=O) groups is 1. The molecule has 24 heavy (non-hydrogen) atoms. The molecule has 0 spiro atoms. The standard InChI is InChI=1S/C17H20FN3O2S/c1-17(2,3)21-16(13-9-24(23)10-14(13)20-21)19-15(22)8-11-4-6-12(18)7-5-11/h4-7H,8-10H2,1-3H3,(H,19,22)/t24-/m0/s1. The van der Waals surface area contributed by atoms with Gasteiger partial charge in [-0.1, -0.05) is 12.1 Å². The summed E-state index contributed by atoms with van der Waals surface area (Å²) in [6, 6.07) is 5.86. The maximum atomic E-state index is 13.0. The fourth-order valence-corrected chi connectivity index (χ4v) is 3.97. The van der Waals surface area contributed by atoms with E-state index in [1.54, 1.807) is 16.8 Å². The van der Waals surface area contributed by atoms with E-state index in [9.17, 15) is 13.4 Å². The van der Waals surface area contributed by atoms with Crippen LogP contribution in [0.5, 0.6) is 0 Å². The average molecular weight is 349 g/mol. The molecule has 1 amide bonds. The molecule has 3 rings (SSSR count). The summed E-state index contributed by atoms with van der Waals surface area (Å²) < 4.78 is 26.5. The van der Waals surface area contributed by atoms with Crippen LogP contribution >= 0.6 is 0 Å². The minimum atomic E-state index is -0.958. The van der Waals surface area contributed by atoms with E-state index < -0.39 is 10.8 Å². The summed E-state index contributed by atoms with van der Waals surface area (Å²) in [6.07, 6.45) is 0.146. The molecular formula is C17H20FN3O2S. The highest BCUT2D eigenvalue weighted by atomic mass is 32.2. The van der Waals surface area contributed by atoms with Crippen LogP contribution in [-0.2, 0) is 39.1 Å². The summed E-state index contributed by atoms with van der Waals surface area (Å²) in [5.41, 5.74) is 2.08. The quantitative estimate of drug-likeness (QED) is 0.927. The SMILES string of the molecule is CC(C)(C)n1nc2c(c1NC(=O)Cc1ccc(F)cc1)C[S@](=O)C2. The molecule has 5 nitrogen and oxygen atoms in total. The number of fused-ring (bicyclic) bond motifs is 1. The Morgan fingerprint density at radius 3 is 2.58 bits per heavy atom. The second-order valence-corrected chi connectivity index (χ2v) is 8.39. The predicted octanol–water partition coefficient (Wildman–Crippen LogP) is 2.72. The average Bonchev–Trinajstić information content (AvgIpc) is 2.99. The van der Waals surface area contributed by atoms with Gasteiger partial charge >= 0.3 is 0 Å². The van der Waals surface area contributed by atoms with Gasteiger partial charge in [0.25, 0.3) is 0 Å². The van der Waals surface area contributed by atoms with Crippen molar-refractivity contribution in [2.75, 3.05) is 5.32 Å². The second kappa shape index (κ2) is 6.12. The number of nitrogens with one attached hydrogen (secondary N) is 1. The minimum absolute atomic E-state index is 0.146. The third-order valence-corrected chi connectivity index (χ3v) is 5.05. The molecule has 7 heteroatoms. The number of hydrogen-bond acceptors (Lipinski definition) is 3. The molecule has 0 saturated carbocycles. The van der Waals surface area contributed by atoms with Crippen molar-refractivity contribution >= 4 is 22.5 Å². The molecule has 2 aromatic rings. The van der Waals surface area contributed by atoms with Gasteiger partial charge in [0.2, 0.25) is 5.91 Å². The number of hydrogen-bond donors (Lipinski definition) is 1. The van der Waals surface area contributed by atoms with Gasteiger partial charge in [-0.2, -0.15) is 5.10 Å². The predicted molar refractivity (Wildman–Crippen MR) is 91.5 cm³/mol. The van der Waals surface area contributed by atoms with Gasteiger partial charge in [0.1, 0.15) is 11.6 Å². The normalized spacial score (nSPS) is 16.9. The molecule has 0 aliphatic carbocycles. The van der Waals surface area contributed by atoms with Crippen molar-refractivity contribution in [2.45, 2.75) is 44.2 Å². The smallest absolute Gasteiger partial charge is 0.229 e. The van der Waals surface area contributed by atoms with Crippen molar-refractivity contribution in [1.29, 1.82) is 0 Å². The lowest BCUT2D eigenvalue weighted by Crippen LogP contribution is -2.28. The van der Waals surface area contributed by atoms with Gasteiger partial charge in [0, 0.05) is 16.4 Å². The topological polar surface area (TPSA) is 64.0 Å². The Balaban J connectivity index is 1.85. The Hall–Kier alpha value is -2.02. The van der Waals surface area contributed by atoms with E-state index in [1.807, 2.05) is 20.8 Å². The zero-order valence-corrected chi connectivity index (χ0v) is 14.7. The Kier molecular flexibility index (Phi) is 4.29. The van der Waals surface area contributed by atoms with Crippen LogP contribution in [0.25, 0.3) is 0 Å². The van der Waals surface area contributed by atoms with E-state index >= 15 is 0 Å². The lowest BCUT2D eigenvalue weighted by Gasteiger charge is -2.23. The van der Waals surface area contributed by atoms with Crippen molar-refractivity contribution in [3.05, 3.63) is 46.9 Å². The lowest BCUT2D eigenvalue weighted by molar-refractivity contribution is -0.115. The molecule has 1 aliphatic rings. The van der Waals surface area contributed by atoms with Crippen LogP contribution in [0.3, 0.4) is 0 Å². The first-order valence-electron chi connectivity index (χ1n) is 7.74. The number of aromatic nitrogens is 2. The summed E-state index contributed by atoms with van der Waals surface area (Å²) in [6.45, 7) is 6.01. The Morgan fingerprint density at radius 1 is 1.29 bits per heavy atom. The first-order chi connectivity index (χ1) is 11.2. The Labute approximate surface area is 142 Å². The number of halogens is 1. The molecule has 1 aromatic carbocycles. The third-order valence-electron chi connectivity index (χ3n) is 3.84. The maximum absolute atomic E-state index is 13.0. The molecule has 0 unspecified atom stereocenters. The van der Waals surface area contributed by atoms with Crippen molar-refractivity contribution in [1.82, 2.24) is 9.78 Å². The third kappa shape index (κ3) is 3.40. The zero-order chi connectivity index (χ0) is 17.5. The molecule has 1 aliphatic heterocycles. The highest BCUT2D eigenvalue weighted by Crippen LogP contribution is 2.32. The van der Waals surface area contributed by atoms with E-state index in [0.717, 1.165) is 16.8 Å². The van der Waals surface area contributed by atoms with Gasteiger partial charge in [-0.05, 0) is 38.5 Å². The summed E-state index contributed by atoms with van der Waals surface area (Å²) in [4.78, 5) is 12.4. The van der Waals surface area contributed by atoms with E-state index in [4.69, 9.17) is 0 Å². The number of anilines is 1. The molecule has 0 radical (unpaired) electrons. The molecule has 1 N–H and O–H groups in total. The number of carbonyl (C=O) groups excluding carboxylic acids is 1. The van der Waals surface area contributed by atoms with Crippen LogP contribution < -0.4 is 5.32 Å². The van der Waals surface area contributed by atoms with Gasteiger partial charge in [-0.15, -0.1) is 0 Å². The lowest BCUT2D eigenvalue weighted by atomic mass is 10.1. The highest BCUT2D eigenvalue weighted by Gasteiger charge is 2.31. The summed E-state index contributed by atoms with van der Waals surface area (Å²) >= 11 is 0. The van der Waals surface area contributed by atoms with Crippen LogP contribution in [0.2, 0.25) is 0 Å². The van der Waals surface area contributed by atoms with E-state index in [1.165, 1.54) is 12.1 Å². The highest BCUT2D eigenvalue weighted by molar-refractivity contribution is 7.83. The van der Waals surface area contributed by atoms with Gasteiger partial charge in [0.15, 0.2) is 0 Å². The van der Waals surface area contributed by atoms with Crippen molar-refractivity contribution in [3.63, 3.8) is 0 Å². The van der Waals surface area contributed by atoms with Crippen LogP contribution in [0.1, 0.15) is 37.6 Å². The zero-order valence-electron chi connectivity index (χ0n) is 13.9. The first-order valence-corrected chi connectivity index (χ1v) is 9.23. The van der Waals surface area contributed by atoms with Gasteiger partial charge < -0.3 is 5.32 Å². The molecule has 0 bridgehead atoms. The van der Waals surface area contributed by atoms with Crippen molar-refractivity contribution in [2.24, 2.45) is 0 Å². The second-order valence-electron chi connectivity index (χ2n) is 6.94. The van der Waals surface area contributed by atoms with Crippen molar-refractivity contribution < 1.29 is 13.4 Å². The fourth-order valence-electron chi connectivity index (χ4n) is 2.71. The van der Waals surface area contributed by atoms with Gasteiger partial charge in [-0.25, -0.2) is 9.07 Å². The molecule has 128 valence electrons. The molecule has 1 atom stereocenters. The summed E-state index contributed by atoms with van der Waals surface area (Å²) in [5.74, 6) is 0.935. The summed E-state index contributed by atoms with van der Waals surface area (Å²) in [7, 11) is -0.958. The molecule has 1 aromatic heterocycles. The van der Waals surface area contributed by atoms with Crippen LogP contribution in [0.15, 0.2) is 24.3 Å². The van der Waals surface area contributed by atoms with Gasteiger partial charge in [-0.3, -0.25) is 9.00 Å². The van der Waals surface area contributed by atoms with E-state index in [0.29, 0.717) is 17.3 Å². The molecule has 0 fully saturated rings. The van der Waals surface area contributed by atoms with E-state index in [-0.39, 0.29) is 23.7 Å². The molecule has 0 saturated heterocycles. The van der Waals surface area contributed by atoms with Crippen molar-refractivity contribution in [3.8, 4) is 0 Å². The van der Waals surface area contributed by atoms with Crippen LogP contribution in [0, 0.1) is 5.82 Å². The van der Waals surface area contributed by atoms with Crippen LogP contribution in [0.4, 0.5) is 10.2 Å². The number of nitrogens with zero attached hydrogens (tertiary/aromatic N) is 2. The Morgan fingerprint density at radius 2 is 1.96 bits per heavy atom. The van der Waals surface area contributed by atoms with Crippen LogP contribution in [-0.4, -0.2) is 19.9 Å². The summed E-state index contributed by atoms with van der Waals surface area (Å²) in [5, 5.41) is 7.46. The monoisotopic (exact) mass is 349 g/mol. The maximum Gasteiger partial charge on any atom is 0.229 e. The fraction of sp³-hybridized carbons (Fsp3) is 0.412. The largest absolute Gasteiger partial charge is 0.310 e. The number of amides is 1.